The minimum Gasteiger partial charge on any atom is -0.299 e. The molecule has 1 aromatic carbocycles. The molecule has 0 spiro atoms. The Morgan fingerprint density at radius 3 is 2.80 bits per heavy atom. The van der Waals surface area contributed by atoms with Crippen molar-refractivity contribution in [3.8, 4) is 0 Å². The van der Waals surface area contributed by atoms with Crippen LogP contribution in [0, 0.1) is 0 Å². The van der Waals surface area contributed by atoms with Crippen molar-refractivity contribution >= 4 is 15.9 Å². The molecule has 1 heterocycles. The lowest BCUT2D eigenvalue weighted by Gasteiger charge is -2.22. The molecule has 2 rings (SSSR count). The number of rotatable bonds is 4. The SMILES string of the molecule is BrCC1CCCN1CCc1ccccc1. The summed E-state index contributed by atoms with van der Waals surface area (Å²) in [6.07, 6.45) is 3.91. The number of alkyl halides is 1. The van der Waals surface area contributed by atoms with Gasteiger partial charge in [0.2, 0.25) is 0 Å². The zero-order valence-electron chi connectivity index (χ0n) is 9.03. The summed E-state index contributed by atoms with van der Waals surface area (Å²) in [7, 11) is 0. The molecule has 0 aliphatic carbocycles. The van der Waals surface area contributed by atoms with E-state index in [0.717, 1.165) is 11.4 Å². The normalized spacial score (nSPS) is 22.1. The monoisotopic (exact) mass is 267 g/mol. The Labute approximate surface area is 101 Å². The second kappa shape index (κ2) is 5.66. The molecule has 0 saturated carbocycles. The predicted octanol–water partition coefficient (Wildman–Crippen LogP) is 3.09. The van der Waals surface area contributed by atoms with Crippen LogP contribution >= 0.6 is 15.9 Å². The fourth-order valence-electron chi connectivity index (χ4n) is 2.28. The van der Waals surface area contributed by atoms with Crippen LogP contribution in [0.5, 0.6) is 0 Å². The molecular formula is C13H18BrN. The second-order valence-electron chi connectivity index (χ2n) is 4.22. The van der Waals surface area contributed by atoms with Crippen LogP contribution in [0.3, 0.4) is 0 Å². The van der Waals surface area contributed by atoms with Crippen LogP contribution in [0.1, 0.15) is 18.4 Å². The van der Waals surface area contributed by atoms with Gasteiger partial charge in [0.15, 0.2) is 0 Å². The summed E-state index contributed by atoms with van der Waals surface area (Å²) >= 11 is 3.60. The largest absolute Gasteiger partial charge is 0.299 e. The third-order valence-corrected chi connectivity index (χ3v) is 3.96. The van der Waals surface area contributed by atoms with E-state index in [9.17, 15) is 0 Å². The highest BCUT2D eigenvalue weighted by Gasteiger charge is 2.22. The van der Waals surface area contributed by atoms with E-state index in [1.165, 1.54) is 37.9 Å². The number of likely N-dealkylation sites (tertiary alicyclic amines) is 1. The Morgan fingerprint density at radius 2 is 2.07 bits per heavy atom. The van der Waals surface area contributed by atoms with Crippen molar-refractivity contribution in [2.45, 2.75) is 25.3 Å². The molecule has 0 bridgehead atoms. The van der Waals surface area contributed by atoms with Crippen molar-refractivity contribution in [1.82, 2.24) is 4.90 Å². The van der Waals surface area contributed by atoms with Gasteiger partial charge < -0.3 is 0 Å². The Hall–Kier alpha value is -0.340. The highest BCUT2D eigenvalue weighted by Crippen LogP contribution is 2.19. The Morgan fingerprint density at radius 1 is 1.27 bits per heavy atom. The van der Waals surface area contributed by atoms with E-state index in [2.05, 4.69) is 51.2 Å². The first-order valence-electron chi connectivity index (χ1n) is 5.74. The molecule has 2 heteroatoms. The van der Waals surface area contributed by atoms with Crippen LogP contribution in [0.25, 0.3) is 0 Å². The highest BCUT2D eigenvalue weighted by molar-refractivity contribution is 9.09. The molecule has 1 aliphatic rings. The van der Waals surface area contributed by atoms with Gasteiger partial charge in [-0.3, -0.25) is 4.90 Å². The molecular weight excluding hydrogens is 250 g/mol. The number of halogens is 1. The minimum atomic E-state index is 0.772. The van der Waals surface area contributed by atoms with Crippen LogP contribution in [0.4, 0.5) is 0 Å². The van der Waals surface area contributed by atoms with Crippen LogP contribution < -0.4 is 0 Å². The maximum atomic E-state index is 3.60. The molecule has 0 aromatic heterocycles. The molecule has 1 saturated heterocycles. The van der Waals surface area contributed by atoms with Crippen LogP contribution in [-0.2, 0) is 6.42 Å². The fourth-order valence-corrected chi connectivity index (χ4v) is 3.01. The molecule has 1 aromatic rings. The predicted molar refractivity (Wildman–Crippen MR) is 68.5 cm³/mol. The minimum absolute atomic E-state index is 0.772. The van der Waals surface area contributed by atoms with Gasteiger partial charge in [0, 0.05) is 17.9 Å². The molecule has 1 fully saturated rings. The average molecular weight is 268 g/mol. The van der Waals surface area contributed by atoms with E-state index >= 15 is 0 Å². The van der Waals surface area contributed by atoms with Gasteiger partial charge in [-0.05, 0) is 31.4 Å². The van der Waals surface area contributed by atoms with Gasteiger partial charge >= 0.3 is 0 Å². The van der Waals surface area contributed by atoms with Crippen LogP contribution in [-0.4, -0.2) is 29.4 Å². The van der Waals surface area contributed by atoms with Crippen LogP contribution in [0.2, 0.25) is 0 Å². The molecule has 1 unspecified atom stereocenters. The summed E-state index contributed by atoms with van der Waals surface area (Å²) in [6, 6.07) is 11.6. The lowest BCUT2D eigenvalue weighted by Crippen LogP contribution is -2.32. The molecule has 0 amide bonds. The molecule has 1 aliphatic heterocycles. The van der Waals surface area contributed by atoms with E-state index in [-0.39, 0.29) is 0 Å². The van der Waals surface area contributed by atoms with E-state index < -0.39 is 0 Å². The summed E-state index contributed by atoms with van der Waals surface area (Å²) in [6.45, 7) is 2.49. The van der Waals surface area contributed by atoms with Gasteiger partial charge in [-0.1, -0.05) is 46.3 Å². The van der Waals surface area contributed by atoms with Crippen molar-refractivity contribution in [1.29, 1.82) is 0 Å². The van der Waals surface area contributed by atoms with Gasteiger partial charge in [0.1, 0.15) is 0 Å². The fraction of sp³-hybridized carbons (Fsp3) is 0.538. The molecule has 82 valence electrons. The molecule has 0 radical (unpaired) electrons. The van der Waals surface area contributed by atoms with Gasteiger partial charge in [-0.2, -0.15) is 0 Å². The van der Waals surface area contributed by atoms with Crippen molar-refractivity contribution < 1.29 is 0 Å². The van der Waals surface area contributed by atoms with Crippen molar-refractivity contribution in [2.75, 3.05) is 18.4 Å². The third kappa shape index (κ3) is 3.05. The number of hydrogen-bond acceptors (Lipinski definition) is 1. The summed E-state index contributed by atoms with van der Waals surface area (Å²) in [5, 5.41) is 1.13. The lowest BCUT2D eigenvalue weighted by molar-refractivity contribution is 0.277. The smallest absolute Gasteiger partial charge is 0.0193 e. The first-order valence-corrected chi connectivity index (χ1v) is 6.86. The van der Waals surface area contributed by atoms with Crippen LogP contribution in [0.15, 0.2) is 30.3 Å². The topological polar surface area (TPSA) is 3.24 Å². The van der Waals surface area contributed by atoms with Crippen molar-refractivity contribution in [2.24, 2.45) is 0 Å². The summed E-state index contributed by atoms with van der Waals surface area (Å²) in [5.41, 5.74) is 1.46. The Bertz CT molecular complexity index is 286. The first kappa shape index (κ1) is 11.2. The van der Waals surface area contributed by atoms with Gasteiger partial charge in [0.25, 0.3) is 0 Å². The van der Waals surface area contributed by atoms with E-state index in [0.29, 0.717) is 0 Å². The standard InChI is InChI=1S/C13H18BrN/c14-11-13-7-4-9-15(13)10-8-12-5-2-1-3-6-12/h1-3,5-6,13H,4,7-11H2. The first-order chi connectivity index (χ1) is 7.40. The van der Waals surface area contributed by atoms with E-state index in [1.807, 2.05) is 0 Å². The Balaban J connectivity index is 1.83. The van der Waals surface area contributed by atoms with E-state index in [1.54, 1.807) is 0 Å². The van der Waals surface area contributed by atoms with Crippen molar-refractivity contribution in [3.63, 3.8) is 0 Å². The zero-order valence-corrected chi connectivity index (χ0v) is 10.6. The lowest BCUT2D eigenvalue weighted by atomic mass is 10.1. The van der Waals surface area contributed by atoms with Gasteiger partial charge in [-0.25, -0.2) is 0 Å². The highest BCUT2D eigenvalue weighted by atomic mass is 79.9. The molecule has 1 nitrogen and oxygen atoms in total. The summed E-state index contributed by atoms with van der Waals surface area (Å²) in [5.74, 6) is 0. The van der Waals surface area contributed by atoms with Gasteiger partial charge in [-0.15, -0.1) is 0 Å². The quantitative estimate of drug-likeness (QED) is 0.758. The number of hydrogen-bond donors (Lipinski definition) is 0. The number of benzene rings is 1. The Kier molecular flexibility index (Phi) is 4.21. The average Bonchev–Trinajstić information content (AvgIpc) is 2.75. The second-order valence-corrected chi connectivity index (χ2v) is 4.87. The van der Waals surface area contributed by atoms with Gasteiger partial charge in [0.05, 0.1) is 0 Å². The molecule has 1 atom stereocenters. The molecule has 15 heavy (non-hydrogen) atoms. The number of nitrogens with zero attached hydrogens (tertiary/aromatic N) is 1. The third-order valence-electron chi connectivity index (χ3n) is 3.21. The van der Waals surface area contributed by atoms with Crippen molar-refractivity contribution in [3.05, 3.63) is 35.9 Å². The van der Waals surface area contributed by atoms with E-state index in [4.69, 9.17) is 0 Å². The maximum absolute atomic E-state index is 3.60. The molecule has 0 N–H and O–H groups in total. The summed E-state index contributed by atoms with van der Waals surface area (Å²) in [4.78, 5) is 2.61. The zero-order chi connectivity index (χ0) is 10.5. The maximum Gasteiger partial charge on any atom is 0.0193 e. The summed E-state index contributed by atoms with van der Waals surface area (Å²) < 4.78 is 0.